The first-order valence-corrected chi connectivity index (χ1v) is 7.04. The summed E-state index contributed by atoms with van der Waals surface area (Å²) in [5, 5.41) is 11.0. The molecule has 1 saturated heterocycles. The molecule has 1 aliphatic heterocycles. The molecule has 6 nitrogen and oxygen atoms in total. The summed E-state index contributed by atoms with van der Waals surface area (Å²) >= 11 is 5.93. The van der Waals surface area contributed by atoms with Gasteiger partial charge in [-0.2, -0.15) is 0 Å². The Labute approximate surface area is 125 Å². The summed E-state index contributed by atoms with van der Waals surface area (Å²) in [6.07, 6.45) is 0.472. The zero-order valence-corrected chi connectivity index (χ0v) is 12.2. The Kier molecular flexibility index (Phi) is 3.44. The number of anilines is 1. The molecule has 1 aromatic carbocycles. The number of rotatable bonds is 2. The van der Waals surface area contributed by atoms with Crippen LogP contribution in [-0.4, -0.2) is 33.7 Å². The monoisotopic (exact) mass is 312 g/mol. The Morgan fingerprint density at radius 3 is 2.95 bits per heavy atom. The van der Waals surface area contributed by atoms with Crippen LogP contribution >= 0.6 is 11.6 Å². The standard InChI is InChI=1S/C13H14ClFN4O2/c1-17-12-5-9(14)11(19(20)21)6-10(12)16-13(17)18-4-2-3-8(15)7-18/h5-6,8H,2-4,7H2,1H3. The van der Waals surface area contributed by atoms with Crippen LogP contribution < -0.4 is 4.90 Å². The molecule has 0 bridgehead atoms. The van der Waals surface area contributed by atoms with Crippen LogP contribution in [0.4, 0.5) is 16.0 Å². The molecular formula is C13H14ClFN4O2. The average molecular weight is 313 g/mol. The maximum absolute atomic E-state index is 13.6. The molecule has 8 heteroatoms. The summed E-state index contributed by atoms with van der Waals surface area (Å²) in [6.45, 7) is 1.03. The molecule has 2 heterocycles. The zero-order valence-electron chi connectivity index (χ0n) is 11.4. The first kappa shape index (κ1) is 14.1. The molecule has 21 heavy (non-hydrogen) atoms. The van der Waals surface area contributed by atoms with Crippen LogP contribution in [0.25, 0.3) is 11.0 Å². The number of nitro groups is 1. The van der Waals surface area contributed by atoms with E-state index in [-0.39, 0.29) is 10.7 Å². The van der Waals surface area contributed by atoms with Crippen molar-refractivity contribution in [3.63, 3.8) is 0 Å². The second-order valence-electron chi connectivity index (χ2n) is 5.21. The molecule has 1 atom stereocenters. The quantitative estimate of drug-likeness (QED) is 0.631. The molecule has 1 aromatic heterocycles. The lowest BCUT2D eigenvalue weighted by atomic mass is 10.1. The number of nitrogens with zero attached hydrogens (tertiary/aromatic N) is 4. The van der Waals surface area contributed by atoms with Crippen LogP contribution in [0.15, 0.2) is 12.1 Å². The average Bonchev–Trinajstić information content (AvgIpc) is 2.75. The fraction of sp³-hybridized carbons (Fsp3) is 0.462. The van der Waals surface area contributed by atoms with E-state index in [1.54, 1.807) is 11.6 Å². The third-order valence-corrected chi connectivity index (χ3v) is 4.07. The summed E-state index contributed by atoms with van der Waals surface area (Å²) < 4.78 is 15.3. The van der Waals surface area contributed by atoms with E-state index in [9.17, 15) is 14.5 Å². The molecular weight excluding hydrogens is 299 g/mol. The Morgan fingerprint density at radius 2 is 2.29 bits per heavy atom. The van der Waals surface area contributed by atoms with Crippen LogP contribution in [0.3, 0.4) is 0 Å². The smallest absolute Gasteiger partial charge is 0.290 e. The third-order valence-electron chi connectivity index (χ3n) is 3.77. The second kappa shape index (κ2) is 5.14. The fourth-order valence-corrected chi connectivity index (χ4v) is 2.95. The Hall–Kier alpha value is -1.89. The number of hydrogen-bond donors (Lipinski definition) is 0. The molecule has 1 unspecified atom stereocenters. The molecule has 0 saturated carbocycles. The summed E-state index contributed by atoms with van der Waals surface area (Å²) in [6, 6.07) is 2.89. The predicted molar refractivity (Wildman–Crippen MR) is 78.7 cm³/mol. The van der Waals surface area contributed by atoms with Crippen molar-refractivity contribution < 1.29 is 9.31 Å². The van der Waals surface area contributed by atoms with E-state index in [4.69, 9.17) is 11.6 Å². The number of aryl methyl sites for hydroxylation is 1. The van der Waals surface area contributed by atoms with Gasteiger partial charge in [0.25, 0.3) is 5.69 Å². The van der Waals surface area contributed by atoms with Crippen LogP contribution in [0, 0.1) is 10.1 Å². The van der Waals surface area contributed by atoms with Gasteiger partial charge in [-0.1, -0.05) is 11.6 Å². The highest BCUT2D eigenvalue weighted by Crippen LogP contribution is 2.32. The number of alkyl halides is 1. The van der Waals surface area contributed by atoms with Crippen molar-refractivity contribution in [3.05, 3.63) is 27.3 Å². The number of imidazole rings is 1. The SMILES string of the molecule is Cn1c(N2CCCC(F)C2)nc2cc([N+](=O)[O-])c(Cl)cc21. The topological polar surface area (TPSA) is 64.2 Å². The van der Waals surface area contributed by atoms with E-state index in [2.05, 4.69) is 4.98 Å². The molecule has 3 rings (SSSR count). The van der Waals surface area contributed by atoms with E-state index in [1.807, 2.05) is 4.90 Å². The Bertz CT molecular complexity index is 718. The van der Waals surface area contributed by atoms with Gasteiger partial charge in [-0.3, -0.25) is 10.1 Å². The number of benzene rings is 1. The molecule has 1 fully saturated rings. The number of halogens is 2. The van der Waals surface area contributed by atoms with Crippen molar-refractivity contribution in [2.45, 2.75) is 19.0 Å². The van der Waals surface area contributed by atoms with Crippen molar-refractivity contribution >= 4 is 34.3 Å². The number of piperidine rings is 1. The summed E-state index contributed by atoms with van der Waals surface area (Å²) in [4.78, 5) is 16.7. The third kappa shape index (κ3) is 2.42. The number of aromatic nitrogens is 2. The zero-order chi connectivity index (χ0) is 15.1. The van der Waals surface area contributed by atoms with Gasteiger partial charge >= 0.3 is 0 Å². The van der Waals surface area contributed by atoms with E-state index < -0.39 is 11.1 Å². The van der Waals surface area contributed by atoms with Gasteiger partial charge in [-0.15, -0.1) is 0 Å². The van der Waals surface area contributed by atoms with E-state index in [1.165, 1.54) is 12.1 Å². The van der Waals surface area contributed by atoms with Gasteiger partial charge in [0.15, 0.2) is 0 Å². The lowest BCUT2D eigenvalue weighted by Crippen LogP contribution is -2.37. The molecule has 0 aliphatic carbocycles. The lowest BCUT2D eigenvalue weighted by molar-refractivity contribution is -0.384. The van der Waals surface area contributed by atoms with Gasteiger partial charge in [0.1, 0.15) is 11.2 Å². The van der Waals surface area contributed by atoms with Crippen molar-refractivity contribution in [2.24, 2.45) is 7.05 Å². The van der Waals surface area contributed by atoms with Crippen LogP contribution in [0.1, 0.15) is 12.8 Å². The van der Waals surface area contributed by atoms with Crippen LogP contribution in [-0.2, 0) is 7.05 Å². The molecule has 112 valence electrons. The summed E-state index contributed by atoms with van der Waals surface area (Å²) in [7, 11) is 1.80. The van der Waals surface area contributed by atoms with E-state index in [0.717, 1.165) is 13.0 Å². The molecule has 1 aliphatic rings. The van der Waals surface area contributed by atoms with Crippen LogP contribution in [0.2, 0.25) is 5.02 Å². The maximum atomic E-state index is 13.6. The molecule has 0 N–H and O–H groups in total. The molecule has 0 amide bonds. The highest BCUT2D eigenvalue weighted by atomic mass is 35.5. The Morgan fingerprint density at radius 1 is 1.52 bits per heavy atom. The number of nitro benzene ring substituents is 1. The van der Waals surface area contributed by atoms with Gasteiger partial charge in [0, 0.05) is 19.7 Å². The minimum Gasteiger partial charge on any atom is -0.339 e. The van der Waals surface area contributed by atoms with Crippen molar-refractivity contribution in [2.75, 3.05) is 18.0 Å². The number of fused-ring (bicyclic) bond motifs is 1. The van der Waals surface area contributed by atoms with E-state index >= 15 is 0 Å². The predicted octanol–water partition coefficient (Wildman–Crippen LogP) is 3.07. The maximum Gasteiger partial charge on any atom is 0.290 e. The molecule has 2 aromatic rings. The van der Waals surface area contributed by atoms with Crippen molar-refractivity contribution in [3.8, 4) is 0 Å². The number of hydrogen-bond acceptors (Lipinski definition) is 4. The van der Waals surface area contributed by atoms with Crippen molar-refractivity contribution in [1.82, 2.24) is 9.55 Å². The highest BCUT2D eigenvalue weighted by Gasteiger charge is 2.24. The van der Waals surface area contributed by atoms with Gasteiger partial charge < -0.3 is 9.47 Å². The first-order chi connectivity index (χ1) is 9.97. The van der Waals surface area contributed by atoms with Crippen molar-refractivity contribution in [1.29, 1.82) is 0 Å². The second-order valence-corrected chi connectivity index (χ2v) is 5.61. The van der Waals surface area contributed by atoms with Gasteiger partial charge in [-0.25, -0.2) is 9.37 Å². The summed E-state index contributed by atoms with van der Waals surface area (Å²) in [5.41, 5.74) is 1.02. The van der Waals surface area contributed by atoms with Gasteiger partial charge in [0.05, 0.1) is 22.5 Å². The minimum atomic E-state index is -0.864. The normalized spacial score (nSPS) is 19.2. The molecule has 0 spiro atoms. The Balaban J connectivity index is 2.08. The largest absolute Gasteiger partial charge is 0.339 e. The fourth-order valence-electron chi connectivity index (χ4n) is 2.72. The molecule has 0 radical (unpaired) electrons. The minimum absolute atomic E-state index is 0.0732. The first-order valence-electron chi connectivity index (χ1n) is 6.66. The van der Waals surface area contributed by atoms with E-state index in [0.29, 0.717) is 29.9 Å². The highest BCUT2D eigenvalue weighted by molar-refractivity contribution is 6.33. The van der Waals surface area contributed by atoms with Crippen LogP contribution in [0.5, 0.6) is 0 Å². The van der Waals surface area contributed by atoms with Gasteiger partial charge in [0.2, 0.25) is 5.95 Å². The summed E-state index contributed by atoms with van der Waals surface area (Å²) in [5.74, 6) is 0.615. The lowest BCUT2D eigenvalue weighted by Gasteiger charge is -2.29. The van der Waals surface area contributed by atoms with Gasteiger partial charge in [-0.05, 0) is 18.9 Å².